The van der Waals surface area contributed by atoms with Gasteiger partial charge in [0, 0.05) is 10.5 Å². The number of thioether (sulfide) groups is 2. The quantitative estimate of drug-likeness (QED) is 0.433. The summed E-state index contributed by atoms with van der Waals surface area (Å²) in [4.78, 5) is 26.5. The Morgan fingerprint density at radius 2 is 2.16 bits per heavy atom. The molecule has 8 heteroatoms. The Kier molecular flexibility index (Phi) is 6.93. The normalized spacial score (nSPS) is 10.2. The highest BCUT2D eigenvalue weighted by Crippen LogP contribution is 2.40. The molecule has 0 radical (unpaired) electrons. The number of rotatable bonds is 6. The topological polar surface area (TPSA) is 79.2 Å². The van der Waals surface area contributed by atoms with Crippen molar-refractivity contribution in [1.82, 2.24) is 0 Å². The number of ether oxygens (including phenoxy) is 1. The molecule has 0 atom stereocenters. The molecule has 1 aromatic carbocycles. The van der Waals surface area contributed by atoms with Crippen molar-refractivity contribution in [3.63, 3.8) is 0 Å². The van der Waals surface area contributed by atoms with E-state index in [-0.39, 0.29) is 12.5 Å². The second kappa shape index (κ2) is 8.94. The number of nitrogens with one attached hydrogen (secondary N) is 1. The molecule has 0 fully saturated rings. The Bertz CT molecular complexity index is 840. The fourth-order valence-corrected chi connectivity index (χ4v) is 4.34. The van der Waals surface area contributed by atoms with E-state index >= 15 is 0 Å². The van der Waals surface area contributed by atoms with Gasteiger partial charge in [0.25, 0.3) is 5.91 Å². The number of carbonyl (C=O) groups is 2. The molecule has 2 aromatic rings. The van der Waals surface area contributed by atoms with Crippen LogP contribution in [0.2, 0.25) is 0 Å². The summed E-state index contributed by atoms with van der Waals surface area (Å²) in [6.45, 7) is 3.74. The van der Waals surface area contributed by atoms with Crippen molar-refractivity contribution in [2.75, 3.05) is 18.2 Å². The first-order valence-corrected chi connectivity index (χ1v) is 10.2. The zero-order valence-electron chi connectivity index (χ0n) is 13.9. The predicted molar refractivity (Wildman–Crippen MR) is 103 cm³/mol. The lowest BCUT2D eigenvalue weighted by Gasteiger charge is -2.06. The maximum absolute atomic E-state index is 12.5. The van der Waals surface area contributed by atoms with E-state index in [1.807, 2.05) is 23.8 Å². The van der Waals surface area contributed by atoms with Gasteiger partial charge in [-0.3, -0.25) is 4.79 Å². The number of nitrogens with zero attached hydrogens (tertiary/aromatic N) is 1. The van der Waals surface area contributed by atoms with Crippen molar-refractivity contribution in [3.8, 4) is 5.40 Å². The van der Waals surface area contributed by atoms with Crippen LogP contribution in [0, 0.1) is 17.6 Å². The SMILES string of the molecule is CCOC(=O)c1sc(NC(=O)c2cccc(SC)c2)c(SC#N)c1C. The van der Waals surface area contributed by atoms with Gasteiger partial charge in [0.05, 0.1) is 11.5 Å². The number of anilines is 1. The van der Waals surface area contributed by atoms with Crippen molar-refractivity contribution < 1.29 is 14.3 Å². The first-order valence-electron chi connectivity index (χ1n) is 7.33. The van der Waals surface area contributed by atoms with E-state index in [9.17, 15) is 9.59 Å². The molecule has 0 spiro atoms. The van der Waals surface area contributed by atoms with Gasteiger partial charge in [-0.1, -0.05) is 6.07 Å². The van der Waals surface area contributed by atoms with Crippen LogP contribution in [0.1, 0.15) is 32.5 Å². The molecule has 0 aliphatic carbocycles. The molecule has 0 aliphatic rings. The molecular formula is C17H16N2O3S3. The Balaban J connectivity index is 2.34. The van der Waals surface area contributed by atoms with Crippen molar-refractivity contribution in [2.24, 2.45) is 0 Å². The molecule has 0 saturated heterocycles. The monoisotopic (exact) mass is 392 g/mol. The van der Waals surface area contributed by atoms with Crippen LogP contribution in [0.4, 0.5) is 5.00 Å². The minimum atomic E-state index is -0.449. The van der Waals surface area contributed by atoms with E-state index < -0.39 is 5.97 Å². The lowest BCUT2D eigenvalue weighted by atomic mass is 10.2. The number of benzene rings is 1. The first kappa shape index (κ1) is 19.4. The second-order valence-corrected chi connectivity index (χ2v) is 7.51. The van der Waals surface area contributed by atoms with Gasteiger partial charge in [0.1, 0.15) is 15.3 Å². The highest BCUT2D eigenvalue weighted by atomic mass is 32.2. The van der Waals surface area contributed by atoms with Crippen molar-refractivity contribution in [3.05, 3.63) is 40.3 Å². The Labute approximate surface area is 158 Å². The van der Waals surface area contributed by atoms with Crippen LogP contribution in [0.15, 0.2) is 34.1 Å². The zero-order chi connectivity index (χ0) is 18.4. The van der Waals surface area contributed by atoms with E-state index in [0.29, 0.717) is 25.9 Å². The maximum atomic E-state index is 12.5. The fraction of sp³-hybridized carbons (Fsp3) is 0.235. The van der Waals surface area contributed by atoms with E-state index in [0.717, 1.165) is 28.0 Å². The summed E-state index contributed by atoms with van der Waals surface area (Å²) >= 11 is 3.59. The largest absolute Gasteiger partial charge is 0.462 e. The van der Waals surface area contributed by atoms with Crippen molar-refractivity contribution in [2.45, 2.75) is 23.6 Å². The molecule has 5 nitrogen and oxygen atoms in total. The van der Waals surface area contributed by atoms with Gasteiger partial charge >= 0.3 is 5.97 Å². The standard InChI is InChI=1S/C17H16N2O3S3/c1-4-22-17(21)14-10(2)13(24-9-18)16(25-14)19-15(20)11-6-5-7-12(8-11)23-3/h5-8H,4H2,1-3H3,(H,19,20). The van der Waals surface area contributed by atoms with Gasteiger partial charge in [-0.2, -0.15) is 5.26 Å². The van der Waals surface area contributed by atoms with Crippen molar-refractivity contribution >= 4 is 51.7 Å². The summed E-state index contributed by atoms with van der Waals surface area (Å²) in [5.41, 5.74) is 1.16. The third-order valence-corrected chi connectivity index (χ3v) is 6.11. The molecule has 0 bridgehead atoms. The lowest BCUT2D eigenvalue weighted by molar-refractivity contribution is 0.0531. The van der Waals surface area contributed by atoms with Crippen LogP contribution in [-0.4, -0.2) is 24.7 Å². The van der Waals surface area contributed by atoms with Gasteiger partial charge in [-0.15, -0.1) is 23.1 Å². The Morgan fingerprint density at radius 1 is 1.40 bits per heavy atom. The molecule has 0 saturated carbocycles. The number of esters is 1. The average Bonchev–Trinajstić information content (AvgIpc) is 2.92. The first-order chi connectivity index (χ1) is 12.0. The van der Waals surface area contributed by atoms with Crippen LogP contribution in [0.25, 0.3) is 0 Å². The molecule has 1 aromatic heterocycles. The lowest BCUT2D eigenvalue weighted by Crippen LogP contribution is -2.11. The number of thiocyanates is 1. The number of hydrogen-bond acceptors (Lipinski definition) is 7. The van der Waals surface area contributed by atoms with E-state index in [4.69, 9.17) is 10.00 Å². The maximum Gasteiger partial charge on any atom is 0.348 e. The van der Waals surface area contributed by atoms with Crippen molar-refractivity contribution in [1.29, 1.82) is 5.26 Å². The number of carbonyl (C=O) groups excluding carboxylic acids is 2. The number of amides is 1. The van der Waals surface area contributed by atoms with Crippen LogP contribution < -0.4 is 5.32 Å². The van der Waals surface area contributed by atoms with Gasteiger partial charge < -0.3 is 10.1 Å². The number of hydrogen-bond donors (Lipinski definition) is 1. The molecule has 1 amide bonds. The van der Waals surface area contributed by atoms with Crippen LogP contribution in [0.5, 0.6) is 0 Å². The highest BCUT2D eigenvalue weighted by Gasteiger charge is 2.23. The summed E-state index contributed by atoms with van der Waals surface area (Å²) < 4.78 is 5.04. The summed E-state index contributed by atoms with van der Waals surface area (Å²) in [5, 5.41) is 14.3. The summed E-state index contributed by atoms with van der Waals surface area (Å²) in [6.07, 6.45) is 1.94. The smallest absolute Gasteiger partial charge is 0.348 e. The third-order valence-electron chi connectivity index (χ3n) is 3.26. The molecule has 2 rings (SSSR count). The Morgan fingerprint density at radius 3 is 2.80 bits per heavy atom. The second-order valence-electron chi connectivity index (χ2n) is 4.81. The molecule has 1 N–H and O–H groups in total. The fourth-order valence-electron chi connectivity index (χ4n) is 2.08. The minimum absolute atomic E-state index is 0.264. The Hall–Kier alpha value is -1.95. The molecule has 0 aliphatic heterocycles. The van der Waals surface area contributed by atoms with E-state index in [2.05, 4.69) is 5.32 Å². The number of nitriles is 1. The highest BCUT2D eigenvalue weighted by molar-refractivity contribution is 8.04. The molecule has 0 unspecified atom stereocenters. The van der Waals surface area contributed by atoms with Gasteiger partial charge in [0.2, 0.25) is 0 Å². The average molecular weight is 393 g/mol. The molecular weight excluding hydrogens is 376 g/mol. The molecule has 25 heavy (non-hydrogen) atoms. The van der Waals surface area contributed by atoms with Crippen LogP contribution in [0.3, 0.4) is 0 Å². The molecule has 130 valence electrons. The van der Waals surface area contributed by atoms with E-state index in [1.165, 1.54) is 0 Å². The van der Waals surface area contributed by atoms with Crippen LogP contribution >= 0.6 is 34.9 Å². The predicted octanol–water partition coefficient (Wildman–Crippen LogP) is 4.78. The van der Waals surface area contributed by atoms with Gasteiger partial charge in [-0.05, 0) is 55.6 Å². The molecule has 1 heterocycles. The number of thiophene rings is 1. The van der Waals surface area contributed by atoms with Gasteiger partial charge in [-0.25, -0.2) is 4.79 Å². The minimum Gasteiger partial charge on any atom is -0.462 e. The summed E-state index contributed by atoms with van der Waals surface area (Å²) in [5.74, 6) is -0.734. The van der Waals surface area contributed by atoms with Gasteiger partial charge in [0.15, 0.2) is 0 Å². The zero-order valence-corrected chi connectivity index (χ0v) is 16.4. The third kappa shape index (κ3) is 4.57. The summed E-state index contributed by atoms with van der Waals surface area (Å²) in [6, 6.07) is 7.25. The summed E-state index contributed by atoms with van der Waals surface area (Å²) in [7, 11) is 0. The van der Waals surface area contributed by atoms with Crippen LogP contribution in [-0.2, 0) is 4.74 Å². The van der Waals surface area contributed by atoms with E-state index in [1.54, 1.807) is 37.7 Å².